The van der Waals surface area contributed by atoms with Crippen molar-refractivity contribution in [1.29, 1.82) is 0 Å². The third-order valence-corrected chi connectivity index (χ3v) is 5.95. The highest BCUT2D eigenvalue weighted by atomic mass is 35.5. The van der Waals surface area contributed by atoms with Gasteiger partial charge in [0.2, 0.25) is 0 Å². The fourth-order valence-corrected chi connectivity index (χ4v) is 4.38. The second-order valence-corrected chi connectivity index (χ2v) is 8.04. The number of fused-ring (bicyclic) bond motifs is 1. The maximum absolute atomic E-state index is 13.0. The van der Waals surface area contributed by atoms with E-state index in [-0.39, 0.29) is 5.02 Å². The van der Waals surface area contributed by atoms with E-state index in [9.17, 15) is 13.2 Å². The van der Waals surface area contributed by atoms with Crippen LogP contribution in [0.1, 0.15) is 56.4 Å². The third-order valence-electron chi connectivity index (χ3n) is 5.63. The van der Waals surface area contributed by atoms with E-state index in [0.29, 0.717) is 17.5 Å². The smallest absolute Gasteiger partial charge is 0.330 e. The van der Waals surface area contributed by atoms with Crippen LogP contribution in [0.5, 0.6) is 0 Å². The van der Waals surface area contributed by atoms with Crippen LogP contribution in [0.25, 0.3) is 5.57 Å². The fourth-order valence-electron chi connectivity index (χ4n) is 4.10. The van der Waals surface area contributed by atoms with Gasteiger partial charge >= 0.3 is 6.18 Å². The van der Waals surface area contributed by atoms with Crippen LogP contribution in [0.4, 0.5) is 19.0 Å². The molecule has 1 unspecified atom stereocenters. The molecule has 1 N–H and O–H groups in total. The van der Waals surface area contributed by atoms with Crippen LogP contribution >= 0.6 is 11.6 Å². The molecule has 0 saturated heterocycles. The number of rotatable bonds is 6. The fraction of sp³-hybridized carbons (Fsp3) is 0.476. The van der Waals surface area contributed by atoms with E-state index in [0.717, 1.165) is 48.6 Å². The lowest BCUT2D eigenvalue weighted by Gasteiger charge is -2.43. The van der Waals surface area contributed by atoms with Crippen molar-refractivity contribution < 1.29 is 13.2 Å². The van der Waals surface area contributed by atoms with Crippen molar-refractivity contribution >= 4 is 23.0 Å². The lowest BCUT2D eigenvalue weighted by atomic mass is 9.99. The summed E-state index contributed by atoms with van der Waals surface area (Å²) in [5.74, 6) is 1.54. The molecule has 1 aromatic heterocycles. The van der Waals surface area contributed by atoms with Gasteiger partial charge in [0.25, 0.3) is 0 Å². The maximum Gasteiger partial charge on any atom is 0.416 e. The number of hydrazine groups is 1. The van der Waals surface area contributed by atoms with E-state index >= 15 is 0 Å². The van der Waals surface area contributed by atoms with E-state index in [4.69, 9.17) is 11.6 Å². The summed E-state index contributed by atoms with van der Waals surface area (Å²) in [6, 6.07) is 3.86. The van der Waals surface area contributed by atoms with Crippen molar-refractivity contribution in [3.63, 3.8) is 0 Å². The highest BCUT2D eigenvalue weighted by Crippen LogP contribution is 2.45. The minimum atomic E-state index is -4.43. The third kappa shape index (κ3) is 3.72. The molecule has 1 aliphatic heterocycles. The summed E-state index contributed by atoms with van der Waals surface area (Å²) >= 11 is 6.29. The van der Waals surface area contributed by atoms with Gasteiger partial charge < -0.3 is 4.98 Å². The van der Waals surface area contributed by atoms with Gasteiger partial charge in [-0.05, 0) is 44.2 Å². The summed E-state index contributed by atoms with van der Waals surface area (Å²) in [6.07, 6.45) is 3.78. The van der Waals surface area contributed by atoms with Crippen molar-refractivity contribution in [3.05, 3.63) is 52.6 Å². The van der Waals surface area contributed by atoms with Crippen LogP contribution < -0.4 is 5.01 Å². The predicted octanol–water partition coefficient (Wildman–Crippen LogP) is 6.11. The molecule has 0 spiro atoms. The average Bonchev–Trinajstić information content (AvgIpc) is 3.40. The van der Waals surface area contributed by atoms with Gasteiger partial charge in [0, 0.05) is 28.9 Å². The quantitative estimate of drug-likeness (QED) is 0.607. The number of H-pyrrole nitrogens is 1. The summed E-state index contributed by atoms with van der Waals surface area (Å²) in [5.41, 5.74) is 1.24. The first kappa shape index (κ1) is 20.1. The second kappa shape index (κ2) is 7.59. The zero-order chi connectivity index (χ0) is 20.8. The van der Waals surface area contributed by atoms with E-state index in [1.165, 1.54) is 18.9 Å². The minimum absolute atomic E-state index is 0.0665. The van der Waals surface area contributed by atoms with Crippen LogP contribution in [0.2, 0.25) is 5.02 Å². The average molecular weight is 425 g/mol. The van der Waals surface area contributed by atoms with E-state index < -0.39 is 11.7 Å². The SMILES string of the molecule is CCCC(C1CC1)N1c2[nH]cnc2C(c2ccc(C(F)(F)F)cc2Cl)=CN1CC. The molecule has 4 rings (SSSR count). The Morgan fingerprint density at radius 2 is 2.03 bits per heavy atom. The standard InChI is InChI=1S/C21H24ClF3N4/c1-3-5-18(13-6-7-13)29-20-19(26-12-27-20)16(11-28(29)4-2)15-9-8-14(10-17(15)22)21(23,24)25/h8-13,18H,3-7H2,1-2H3,(H,26,27). The van der Waals surface area contributed by atoms with E-state index in [1.54, 1.807) is 6.33 Å². The number of nitrogens with one attached hydrogen (secondary N) is 1. The van der Waals surface area contributed by atoms with Crippen molar-refractivity contribution in [2.24, 2.45) is 5.92 Å². The Morgan fingerprint density at radius 3 is 2.62 bits per heavy atom. The van der Waals surface area contributed by atoms with Crippen LogP contribution in [0.15, 0.2) is 30.7 Å². The van der Waals surface area contributed by atoms with Crippen molar-refractivity contribution in [3.8, 4) is 0 Å². The summed E-state index contributed by atoms with van der Waals surface area (Å²) in [6.45, 7) is 4.98. The van der Waals surface area contributed by atoms with E-state index in [1.807, 2.05) is 6.20 Å². The molecule has 29 heavy (non-hydrogen) atoms. The van der Waals surface area contributed by atoms with Crippen molar-refractivity contribution in [2.45, 2.75) is 51.7 Å². The lowest BCUT2D eigenvalue weighted by molar-refractivity contribution is -0.137. The molecule has 0 amide bonds. The van der Waals surface area contributed by atoms with Crippen LogP contribution in [0.3, 0.4) is 0 Å². The Labute approximate surface area is 173 Å². The summed E-state index contributed by atoms with van der Waals surface area (Å²) in [7, 11) is 0. The molecule has 156 valence electrons. The molecule has 4 nitrogen and oxygen atoms in total. The molecule has 2 aliphatic rings. The number of halogens is 4. The maximum atomic E-state index is 13.0. The number of hydrogen-bond donors (Lipinski definition) is 1. The molecule has 1 atom stereocenters. The first-order valence-electron chi connectivity index (χ1n) is 10.0. The molecule has 8 heteroatoms. The highest BCUT2D eigenvalue weighted by Gasteiger charge is 2.40. The van der Waals surface area contributed by atoms with Gasteiger partial charge in [-0.15, -0.1) is 0 Å². The number of hydrogen-bond acceptors (Lipinski definition) is 3. The second-order valence-electron chi connectivity index (χ2n) is 7.63. The van der Waals surface area contributed by atoms with Crippen LogP contribution in [-0.4, -0.2) is 27.6 Å². The van der Waals surface area contributed by atoms with Gasteiger partial charge in [0.05, 0.1) is 17.9 Å². The summed E-state index contributed by atoms with van der Waals surface area (Å²) < 4.78 is 39.1. The lowest BCUT2D eigenvalue weighted by Crippen LogP contribution is -2.49. The van der Waals surface area contributed by atoms with E-state index in [2.05, 4.69) is 33.8 Å². The number of nitrogens with zero attached hydrogens (tertiary/aromatic N) is 3. The van der Waals surface area contributed by atoms with Crippen LogP contribution in [-0.2, 0) is 6.18 Å². The molecule has 1 aromatic carbocycles. The number of aromatic nitrogens is 2. The van der Waals surface area contributed by atoms with Gasteiger partial charge in [0.15, 0.2) is 5.82 Å². The monoisotopic (exact) mass is 424 g/mol. The molecular weight excluding hydrogens is 401 g/mol. The molecular formula is C21H24ClF3N4. The Morgan fingerprint density at radius 1 is 1.28 bits per heavy atom. The number of imidazole rings is 1. The van der Waals surface area contributed by atoms with Crippen molar-refractivity contribution in [2.75, 3.05) is 11.6 Å². The first-order chi connectivity index (χ1) is 13.8. The zero-order valence-electron chi connectivity index (χ0n) is 16.4. The summed E-state index contributed by atoms with van der Waals surface area (Å²) in [4.78, 5) is 7.75. The molecule has 1 aliphatic carbocycles. The Bertz CT molecular complexity index is 917. The number of benzene rings is 1. The predicted molar refractivity (Wildman–Crippen MR) is 108 cm³/mol. The van der Waals surface area contributed by atoms with Gasteiger partial charge in [0.1, 0.15) is 5.69 Å². The molecule has 0 bridgehead atoms. The summed E-state index contributed by atoms with van der Waals surface area (Å²) in [5, 5.41) is 4.48. The Hall–Kier alpha value is -2.15. The minimum Gasteiger partial charge on any atom is -0.330 e. The first-order valence-corrected chi connectivity index (χ1v) is 10.4. The topological polar surface area (TPSA) is 35.2 Å². The Balaban J connectivity index is 1.77. The highest BCUT2D eigenvalue weighted by molar-refractivity contribution is 6.32. The Kier molecular flexibility index (Phi) is 5.27. The van der Waals surface area contributed by atoms with Gasteiger partial charge in [-0.2, -0.15) is 13.2 Å². The molecule has 1 saturated carbocycles. The zero-order valence-corrected chi connectivity index (χ0v) is 17.2. The normalized spacial score (nSPS) is 17.9. The van der Waals surface area contributed by atoms with Gasteiger partial charge in [-0.3, -0.25) is 10.0 Å². The number of alkyl halides is 3. The molecule has 2 aromatic rings. The number of aromatic amines is 1. The van der Waals surface area contributed by atoms with Gasteiger partial charge in [-0.25, -0.2) is 4.98 Å². The largest absolute Gasteiger partial charge is 0.416 e. The van der Waals surface area contributed by atoms with Crippen molar-refractivity contribution in [1.82, 2.24) is 15.0 Å². The van der Waals surface area contributed by atoms with Gasteiger partial charge in [-0.1, -0.05) is 31.0 Å². The molecule has 1 fully saturated rings. The molecule has 0 radical (unpaired) electrons. The number of anilines is 1. The van der Waals surface area contributed by atoms with Crippen LogP contribution in [0, 0.1) is 5.92 Å². The molecule has 2 heterocycles.